The van der Waals surface area contributed by atoms with E-state index < -0.39 is 0 Å². The Bertz CT molecular complexity index is 986. The van der Waals surface area contributed by atoms with Crippen molar-refractivity contribution >= 4 is 17.5 Å². The number of aliphatic hydroxyl groups is 1. The van der Waals surface area contributed by atoms with Gasteiger partial charge in [-0.2, -0.15) is 0 Å². The summed E-state index contributed by atoms with van der Waals surface area (Å²) in [7, 11) is 0. The second-order valence-corrected chi connectivity index (χ2v) is 7.76. The van der Waals surface area contributed by atoms with Gasteiger partial charge >= 0.3 is 0 Å². The standard InChI is InChI=1S/C27H31N3O3/c1-2-28-27(33)23-15-9-16-24(19-23)29-25(32)20-30(17-10-18-31)26(21-11-5-3-6-12-21)22-13-7-4-8-14-22/h3-9,11-16,19,26,31H,2,10,17-18,20H2,1H3,(H,28,33)(H,29,32). The molecule has 0 aliphatic rings. The first kappa shape index (κ1) is 24.2. The molecule has 0 unspecified atom stereocenters. The van der Waals surface area contributed by atoms with Crippen LogP contribution >= 0.6 is 0 Å². The van der Waals surface area contributed by atoms with Crippen molar-refractivity contribution in [3.05, 3.63) is 102 Å². The van der Waals surface area contributed by atoms with Gasteiger partial charge in [0.05, 0.1) is 12.6 Å². The molecule has 0 atom stereocenters. The van der Waals surface area contributed by atoms with Crippen LogP contribution in [0.15, 0.2) is 84.9 Å². The summed E-state index contributed by atoms with van der Waals surface area (Å²) < 4.78 is 0. The number of rotatable bonds is 11. The molecule has 3 N–H and O–H groups in total. The van der Waals surface area contributed by atoms with Crippen LogP contribution < -0.4 is 10.6 Å². The van der Waals surface area contributed by atoms with Crippen LogP contribution in [0.4, 0.5) is 5.69 Å². The van der Waals surface area contributed by atoms with E-state index in [1.807, 2.05) is 43.3 Å². The minimum Gasteiger partial charge on any atom is -0.396 e. The van der Waals surface area contributed by atoms with E-state index in [1.165, 1.54) is 0 Å². The minimum atomic E-state index is -0.183. The summed E-state index contributed by atoms with van der Waals surface area (Å²) in [4.78, 5) is 27.2. The molecule has 172 valence electrons. The monoisotopic (exact) mass is 445 g/mol. The number of aliphatic hydroxyl groups excluding tert-OH is 1. The maximum Gasteiger partial charge on any atom is 0.251 e. The van der Waals surface area contributed by atoms with Gasteiger partial charge in [-0.1, -0.05) is 66.7 Å². The Morgan fingerprint density at radius 2 is 1.55 bits per heavy atom. The summed E-state index contributed by atoms with van der Waals surface area (Å²) in [6, 6.07) is 26.9. The van der Waals surface area contributed by atoms with Crippen LogP contribution in [0.2, 0.25) is 0 Å². The number of carbonyl (C=O) groups excluding carboxylic acids is 2. The lowest BCUT2D eigenvalue weighted by Gasteiger charge is -2.32. The highest BCUT2D eigenvalue weighted by atomic mass is 16.3. The Labute approximate surface area is 195 Å². The van der Waals surface area contributed by atoms with Gasteiger partial charge in [-0.05, 0) is 42.7 Å². The predicted molar refractivity (Wildman–Crippen MR) is 131 cm³/mol. The molecule has 0 aliphatic carbocycles. The van der Waals surface area contributed by atoms with E-state index in [2.05, 4.69) is 39.8 Å². The summed E-state index contributed by atoms with van der Waals surface area (Å²) in [6.07, 6.45) is 0.552. The number of benzene rings is 3. The van der Waals surface area contributed by atoms with Crippen molar-refractivity contribution in [3.8, 4) is 0 Å². The third-order valence-electron chi connectivity index (χ3n) is 5.29. The first-order valence-corrected chi connectivity index (χ1v) is 11.2. The van der Waals surface area contributed by atoms with E-state index >= 15 is 0 Å². The molecule has 3 aromatic rings. The van der Waals surface area contributed by atoms with Crippen LogP contribution in [-0.2, 0) is 4.79 Å². The average molecular weight is 446 g/mol. The second-order valence-electron chi connectivity index (χ2n) is 7.76. The molecule has 0 bridgehead atoms. The van der Waals surface area contributed by atoms with Crippen molar-refractivity contribution in [2.24, 2.45) is 0 Å². The molecule has 6 heteroatoms. The van der Waals surface area contributed by atoms with Crippen LogP contribution in [0.3, 0.4) is 0 Å². The summed E-state index contributed by atoms with van der Waals surface area (Å²) >= 11 is 0. The molecule has 0 aromatic heterocycles. The van der Waals surface area contributed by atoms with E-state index in [4.69, 9.17) is 0 Å². The van der Waals surface area contributed by atoms with E-state index in [1.54, 1.807) is 24.3 Å². The first-order valence-electron chi connectivity index (χ1n) is 11.2. The number of amides is 2. The van der Waals surface area contributed by atoms with Crippen molar-refractivity contribution in [1.29, 1.82) is 0 Å². The third-order valence-corrected chi connectivity index (χ3v) is 5.29. The van der Waals surface area contributed by atoms with Gasteiger partial charge in [0.2, 0.25) is 5.91 Å². The van der Waals surface area contributed by atoms with E-state index in [-0.39, 0.29) is 31.0 Å². The van der Waals surface area contributed by atoms with Crippen molar-refractivity contribution in [3.63, 3.8) is 0 Å². The molecular weight excluding hydrogens is 414 g/mol. The van der Waals surface area contributed by atoms with Crippen molar-refractivity contribution in [1.82, 2.24) is 10.2 Å². The topological polar surface area (TPSA) is 81.7 Å². The third kappa shape index (κ3) is 7.00. The molecule has 0 saturated carbocycles. The highest BCUT2D eigenvalue weighted by Crippen LogP contribution is 2.28. The maximum atomic E-state index is 13.0. The van der Waals surface area contributed by atoms with Gasteiger partial charge in [0.25, 0.3) is 5.91 Å². The molecular formula is C27H31N3O3. The zero-order valence-electron chi connectivity index (χ0n) is 18.9. The molecule has 3 aromatic carbocycles. The quantitative estimate of drug-likeness (QED) is 0.419. The maximum absolute atomic E-state index is 13.0. The zero-order chi connectivity index (χ0) is 23.5. The van der Waals surface area contributed by atoms with Gasteiger partial charge in [0.1, 0.15) is 0 Å². The van der Waals surface area contributed by atoms with Gasteiger partial charge in [-0.3, -0.25) is 14.5 Å². The van der Waals surface area contributed by atoms with E-state index in [9.17, 15) is 14.7 Å². The van der Waals surface area contributed by atoms with Crippen LogP contribution in [-0.4, -0.2) is 48.1 Å². The van der Waals surface area contributed by atoms with E-state index in [0.29, 0.717) is 30.8 Å². The van der Waals surface area contributed by atoms with Gasteiger partial charge in [0, 0.05) is 30.9 Å². The Morgan fingerprint density at radius 3 is 2.12 bits per heavy atom. The Kier molecular flexibility index (Phi) is 9.18. The van der Waals surface area contributed by atoms with Crippen LogP contribution in [0.5, 0.6) is 0 Å². The van der Waals surface area contributed by atoms with Crippen molar-refractivity contribution < 1.29 is 14.7 Å². The zero-order valence-corrected chi connectivity index (χ0v) is 18.9. The Hall–Kier alpha value is -3.48. The largest absolute Gasteiger partial charge is 0.396 e. The minimum absolute atomic E-state index is 0.0446. The fourth-order valence-electron chi connectivity index (χ4n) is 3.84. The normalized spacial score (nSPS) is 10.9. The number of nitrogens with zero attached hydrogens (tertiary/aromatic N) is 1. The van der Waals surface area contributed by atoms with Crippen molar-refractivity contribution in [2.75, 3.05) is 31.6 Å². The molecule has 33 heavy (non-hydrogen) atoms. The van der Waals surface area contributed by atoms with Gasteiger partial charge in [-0.25, -0.2) is 0 Å². The molecule has 0 radical (unpaired) electrons. The van der Waals surface area contributed by atoms with Gasteiger partial charge in [-0.15, -0.1) is 0 Å². The fourth-order valence-corrected chi connectivity index (χ4v) is 3.84. The molecule has 6 nitrogen and oxygen atoms in total. The van der Waals surface area contributed by atoms with Crippen LogP contribution in [0.1, 0.15) is 40.9 Å². The highest BCUT2D eigenvalue weighted by Gasteiger charge is 2.24. The number of hydrogen-bond donors (Lipinski definition) is 3. The number of carbonyl (C=O) groups is 2. The highest BCUT2D eigenvalue weighted by molar-refractivity contribution is 5.97. The average Bonchev–Trinajstić information content (AvgIpc) is 2.84. The Balaban J connectivity index is 1.82. The molecule has 0 heterocycles. The first-order chi connectivity index (χ1) is 16.1. The number of anilines is 1. The molecule has 3 rings (SSSR count). The smallest absolute Gasteiger partial charge is 0.251 e. The predicted octanol–water partition coefficient (Wildman–Crippen LogP) is 3.85. The second kappa shape index (κ2) is 12.5. The van der Waals surface area contributed by atoms with Gasteiger partial charge in [0.15, 0.2) is 0 Å². The summed E-state index contributed by atoms with van der Waals surface area (Å²) in [5, 5.41) is 15.2. The molecule has 0 aliphatic heterocycles. The van der Waals surface area contributed by atoms with Crippen molar-refractivity contribution in [2.45, 2.75) is 19.4 Å². The number of hydrogen-bond acceptors (Lipinski definition) is 4. The lowest BCUT2D eigenvalue weighted by molar-refractivity contribution is -0.117. The van der Waals surface area contributed by atoms with Crippen LogP contribution in [0, 0.1) is 0 Å². The summed E-state index contributed by atoms with van der Waals surface area (Å²) in [5.41, 5.74) is 3.22. The van der Waals surface area contributed by atoms with Gasteiger partial charge < -0.3 is 15.7 Å². The van der Waals surface area contributed by atoms with Crippen LogP contribution in [0.25, 0.3) is 0 Å². The lowest BCUT2D eigenvalue weighted by Crippen LogP contribution is -2.38. The summed E-state index contributed by atoms with van der Waals surface area (Å²) in [5.74, 6) is -0.357. The number of nitrogens with one attached hydrogen (secondary N) is 2. The lowest BCUT2D eigenvalue weighted by atomic mass is 9.96. The fraction of sp³-hybridized carbons (Fsp3) is 0.259. The Morgan fingerprint density at radius 1 is 0.909 bits per heavy atom. The molecule has 0 spiro atoms. The summed E-state index contributed by atoms with van der Waals surface area (Å²) in [6.45, 7) is 3.14. The molecule has 0 saturated heterocycles. The molecule has 0 fully saturated rings. The van der Waals surface area contributed by atoms with E-state index in [0.717, 1.165) is 11.1 Å². The SMILES string of the molecule is CCNC(=O)c1cccc(NC(=O)CN(CCCO)C(c2ccccc2)c2ccccc2)c1. The molecule has 2 amide bonds.